The van der Waals surface area contributed by atoms with E-state index in [0.717, 1.165) is 13.0 Å². The van der Waals surface area contributed by atoms with Crippen LogP contribution in [0.4, 0.5) is 0 Å². The molecule has 0 aromatic rings. The van der Waals surface area contributed by atoms with E-state index in [9.17, 15) is 0 Å². The van der Waals surface area contributed by atoms with Gasteiger partial charge >= 0.3 is 0 Å². The SMILES string of the molecule is CC1(C)C(NCCCC#N)C1(C)C. The molecule has 0 unspecified atom stereocenters. The van der Waals surface area contributed by atoms with E-state index in [1.165, 1.54) is 0 Å². The monoisotopic (exact) mass is 180 g/mol. The number of nitrogens with zero attached hydrogens (tertiary/aromatic N) is 1. The van der Waals surface area contributed by atoms with Crippen LogP contribution in [0.5, 0.6) is 0 Å². The van der Waals surface area contributed by atoms with Crippen LogP contribution in [-0.4, -0.2) is 12.6 Å². The molecule has 1 rings (SSSR count). The van der Waals surface area contributed by atoms with E-state index in [4.69, 9.17) is 5.26 Å². The van der Waals surface area contributed by atoms with Crippen LogP contribution < -0.4 is 5.32 Å². The van der Waals surface area contributed by atoms with Crippen molar-refractivity contribution in [2.45, 2.75) is 46.6 Å². The third kappa shape index (κ3) is 1.71. The highest BCUT2D eigenvalue weighted by Gasteiger charge is 2.64. The molecule has 1 fully saturated rings. The van der Waals surface area contributed by atoms with Gasteiger partial charge in [-0.1, -0.05) is 27.7 Å². The highest BCUT2D eigenvalue weighted by atomic mass is 15.0. The standard InChI is InChI=1S/C11H20N2/c1-10(2)9(11(10,3)4)13-8-6-5-7-12/h9,13H,5-6,8H2,1-4H3. The summed E-state index contributed by atoms with van der Waals surface area (Å²) in [5.74, 6) is 0. The Kier molecular flexibility index (Phi) is 2.68. The quantitative estimate of drug-likeness (QED) is 0.674. The number of rotatable bonds is 4. The van der Waals surface area contributed by atoms with Crippen LogP contribution in [0.25, 0.3) is 0 Å². The summed E-state index contributed by atoms with van der Waals surface area (Å²) in [5, 5.41) is 11.9. The van der Waals surface area contributed by atoms with Crippen molar-refractivity contribution in [1.29, 1.82) is 5.26 Å². The Labute approximate surface area is 81.3 Å². The van der Waals surface area contributed by atoms with Gasteiger partial charge in [0.15, 0.2) is 0 Å². The fourth-order valence-electron chi connectivity index (χ4n) is 2.12. The predicted molar refractivity (Wildman–Crippen MR) is 54.2 cm³/mol. The van der Waals surface area contributed by atoms with Crippen LogP contribution >= 0.6 is 0 Å². The number of nitrogens with one attached hydrogen (secondary N) is 1. The molecule has 0 bridgehead atoms. The Morgan fingerprint density at radius 1 is 1.23 bits per heavy atom. The summed E-state index contributed by atoms with van der Waals surface area (Å²) in [5.41, 5.74) is 0.833. The molecule has 1 aliphatic rings. The van der Waals surface area contributed by atoms with Gasteiger partial charge in [-0.2, -0.15) is 5.26 Å². The zero-order valence-corrected chi connectivity index (χ0v) is 9.15. The van der Waals surface area contributed by atoms with Crippen molar-refractivity contribution in [2.75, 3.05) is 6.54 Å². The van der Waals surface area contributed by atoms with Gasteiger partial charge in [0.2, 0.25) is 0 Å². The Bertz CT molecular complexity index is 209. The third-order valence-electron chi connectivity index (χ3n) is 3.83. The summed E-state index contributed by atoms with van der Waals surface area (Å²) in [6, 6.07) is 2.79. The molecule has 0 aromatic carbocycles. The van der Waals surface area contributed by atoms with E-state index >= 15 is 0 Å². The maximum atomic E-state index is 8.37. The first kappa shape index (κ1) is 10.5. The molecule has 2 nitrogen and oxygen atoms in total. The number of hydrogen-bond acceptors (Lipinski definition) is 2. The highest BCUT2D eigenvalue weighted by Crippen LogP contribution is 2.62. The van der Waals surface area contributed by atoms with E-state index in [-0.39, 0.29) is 0 Å². The second kappa shape index (κ2) is 3.31. The lowest BCUT2D eigenvalue weighted by molar-refractivity contribution is 0.457. The number of hydrogen-bond donors (Lipinski definition) is 1. The lowest BCUT2D eigenvalue weighted by Crippen LogP contribution is -2.23. The summed E-state index contributed by atoms with van der Waals surface area (Å²) in [7, 11) is 0. The fraction of sp³-hybridized carbons (Fsp3) is 0.909. The molecule has 0 heterocycles. The molecule has 0 aromatic heterocycles. The van der Waals surface area contributed by atoms with Crippen molar-refractivity contribution in [3.8, 4) is 6.07 Å². The highest BCUT2D eigenvalue weighted by molar-refractivity contribution is 5.17. The maximum absolute atomic E-state index is 8.37. The molecule has 1 saturated carbocycles. The van der Waals surface area contributed by atoms with Gasteiger partial charge in [-0.3, -0.25) is 0 Å². The zero-order chi connectivity index (χ0) is 10.1. The third-order valence-corrected chi connectivity index (χ3v) is 3.83. The molecular formula is C11H20N2. The summed E-state index contributed by atoms with van der Waals surface area (Å²) < 4.78 is 0. The van der Waals surface area contributed by atoms with Gasteiger partial charge in [0.1, 0.15) is 0 Å². The van der Waals surface area contributed by atoms with Crippen molar-refractivity contribution in [3.63, 3.8) is 0 Å². The molecular weight excluding hydrogens is 160 g/mol. The first-order chi connectivity index (χ1) is 5.94. The lowest BCUT2D eigenvalue weighted by Gasteiger charge is -2.03. The summed E-state index contributed by atoms with van der Waals surface area (Å²) >= 11 is 0. The molecule has 0 radical (unpaired) electrons. The molecule has 0 spiro atoms. The van der Waals surface area contributed by atoms with E-state index in [1.807, 2.05) is 0 Å². The van der Waals surface area contributed by atoms with E-state index < -0.39 is 0 Å². The van der Waals surface area contributed by atoms with Gasteiger partial charge in [-0.25, -0.2) is 0 Å². The van der Waals surface area contributed by atoms with Crippen molar-refractivity contribution in [3.05, 3.63) is 0 Å². The Hall–Kier alpha value is -0.550. The molecule has 1 aliphatic carbocycles. The van der Waals surface area contributed by atoms with Crippen LogP contribution in [0.3, 0.4) is 0 Å². The second-order valence-corrected chi connectivity index (χ2v) is 5.09. The van der Waals surface area contributed by atoms with Gasteiger partial charge in [-0.05, 0) is 23.8 Å². The van der Waals surface area contributed by atoms with Crippen LogP contribution in [0.2, 0.25) is 0 Å². The fourth-order valence-corrected chi connectivity index (χ4v) is 2.12. The van der Waals surface area contributed by atoms with E-state index in [2.05, 4.69) is 39.1 Å². The zero-order valence-electron chi connectivity index (χ0n) is 9.15. The van der Waals surface area contributed by atoms with E-state index in [1.54, 1.807) is 0 Å². The Balaban J connectivity index is 2.23. The van der Waals surface area contributed by atoms with Gasteiger partial charge < -0.3 is 5.32 Å². The van der Waals surface area contributed by atoms with Gasteiger partial charge in [0.25, 0.3) is 0 Å². The van der Waals surface area contributed by atoms with Gasteiger partial charge in [0, 0.05) is 12.5 Å². The molecule has 13 heavy (non-hydrogen) atoms. The first-order valence-corrected chi connectivity index (χ1v) is 5.05. The molecule has 1 N–H and O–H groups in total. The number of unbranched alkanes of at least 4 members (excludes halogenated alkanes) is 1. The van der Waals surface area contributed by atoms with Crippen LogP contribution in [-0.2, 0) is 0 Å². The summed E-state index contributed by atoms with van der Waals surface area (Å²) in [4.78, 5) is 0. The maximum Gasteiger partial charge on any atom is 0.0622 e. The lowest BCUT2D eigenvalue weighted by atomic mass is 10.0. The van der Waals surface area contributed by atoms with Gasteiger partial charge in [-0.15, -0.1) is 0 Å². The molecule has 0 aliphatic heterocycles. The minimum absolute atomic E-state index is 0.416. The molecule has 0 atom stereocenters. The van der Waals surface area contributed by atoms with Crippen molar-refractivity contribution >= 4 is 0 Å². The predicted octanol–water partition coefficient (Wildman–Crippen LogP) is 2.31. The molecule has 2 heteroatoms. The summed E-state index contributed by atoms with van der Waals surface area (Å²) in [6.45, 7) is 10.2. The minimum atomic E-state index is 0.416. The van der Waals surface area contributed by atoms with Crippen molar-refractivity contribution in [1.82, 2.24) is 5.32 Å². The van der Waals surface area contributed by atoms with E-state index in [0.29, 0.717) is 23.3 Å². The average Bonchev–Trinajstić information content (AvgIpc) is 2.39. The van der Waals surface area contributed by atoms with Crippen molar-refractivity contribution in [2.24, 2.45) is 10.8 Å². The van der Waals surface area contributed by atoms with Gasteiger partial charge in [0.05, 0.1) is 6.07 Å². The largest absolute Gasteiger partial charge is 0.313 e. The normalized spacial score (nSPS) is 23.9. The smallest absolute Gasteiger partial charge is 0.0622 e. The molecule has 74 valence electrons. The average molecular weight is 180 g/mol. The first-order valence-electron chi connectivity index (χ1n) is 5.05. The van der Waals surface area contributed by atoms with Crippen LogP contribution in [0.15, 0.2) is 0 Å². The summed E-state index contributed by atoms with van der Waals surface area (Å²) in [6.07, 6.45) is 1.64. The molecule has 0 amide bonds. The van der Waals surface area contributed by atoms with Crippen LogP contribution in [0.1, 0.15) is 40.5 Å². The number of nitriles is 1. The second-order valence-electron chi connectivity index (χ2n) is 5.09. The topological polar surface area (TPSA) is 35.8 Å². The Morgan fingerprint density at radius 3 is 2.15 bits per heavy atom. The minimum Gasteiger partial charge on any atom is -0.313 e. The molecule has 0 saturated heterocycles. The van der Waals surface area contributed by atoms with Crippen LogP contribution in [0, 0.1) is 22.2 Å². The van der Waals surface area contributed by atoms with Crippen molar-refractivity contribution < 1.29 is 0 Å². The Morgan fingerprint density at radius 2 is 1.77 bits per heavy atom.